The summed E-state index contributed by atoms with van der Waals surface area (Å²) in [6.07, 6.45) is 0.805. The molecule has 3 rings (SSSR count). The minimum absolute atomic E-state index is 0.00389. The summed E-state index contributed by atoms with van der Waals surface area (Å²) in [6.45, 7) is 7.02. The van der Waals surface area contributed by atoms with Gasteiger partial charge in [-0.1, -0.05) is 45.0 Å². The minimum Gasteiger partial charge on any atom is -0.438 e. The van der Waals surface area contributed by atoms with Gasteiger partial charge < -0.3 is 14.4 Å². The molecule has 3 aromatic rings. The Morgan fingerprint density at radius 2 is 1.91 bits per heavy atom. The number of hydrogen-bond acceptors (Lipinski definition) is 4. The van der Waals surface area contributed by atoms with Crippen molar-refractivity contribution in [3.63, 3.8) is 0 Å². The standard InChI is InChI=1S/C25H30FN3O3/c1-5-14-28(23(30)17-31-4)16-22-24(18(2)3)27-29(20-11-7-6-8-12-20)25(22)32-21-13-9-10-19(26)15-21/h6-13,15,18H,5,14,16-17H2,1-4H3. The van der Waals surface area contributed by atoms with Crippen LogP contribution < -0.4 is 4.74 Å². The van der Waals surface area contributed by atoms with Gasteiger partial charge in [-0.25, -0.2) is 9.07 Å². The van der Waals surface area contributed by atoms with Crippen LogP contribution in [0.25, 0.3) is 5.69 Å². The van der Waals surface area contributed by atoms with E-state index in [2.05, 4.69) is 0 Å². The molecule has 0 fully saturated rings. The number of carbonyl (C=O) groups is 1. The van der Waals surface area contributed by atoms with Crippen LogP contribution in [0.5, 0.6) is 11.6 Å². The molecular weight excluding hydrogens is 409 g/mol. The van der Waals surface area contributed by atoms with Crippen LogP contribution in [-0.4, -0.2) is 40.8 Å². The average molecular weight is 440 g/mol. The summed E-state index contributed by atoms with van der Waals surface area (Å²) in [6, 6.07) is 15.6. The Hall–Kier alpha value is -3.19. The number of benzene rings is 2. The zero-order chi connectivity index (χ0) is 23.1. The summed E-state index contributed by atoms with van der Waals surface area (Å²) in [5, 5.41) is 4.85. The van der Waals surface area contributed by atoms with Crippen LogP contribution in [0.1, 0.15) is 44.4 Å². The lowest BCUT2D eigenvalue weighted by atomic mass is 10.1. The van der Waals surface area contributed by atoms with E-state index in [1.54, 1.807) is 21.7 Å². The second kappa shape index (κ2) is 10.9. The predicted octanol–water partition coefficient (Wildman–Crippen LogP) is 5.31. The van der Waals surface area contributed by atoms with Crippen LogP contribution in [0.3, 0.4) is 0 Å². The number of halogens is 1. The van der Waals surface area contributed by atoms with Crippen LogP contribution >= 0.6 is 0 Å². The van der Waals surface area contributed by atoms with Gasteiger partial charge in [0.05, 0.1) is 23.5 Å². The predicted molar refractivity (Wildman–Crippen MR) is 122 cm³/mol. The van der Waals surface area contributed by atoms with Crippen molar-refractivity contribution in [3.05, 3.63) is 71.7 Å². The van der Waals surface area contributed by atoms with E-state index in [0.29, 0.717) is 24.7 Å². The first-order valence-electron chi connectivity index (χ1n) is 10.8. The van der Waals surface area contributed by atoms with Gasteiger partial charge in [-0.2, -0.15) is 5.10 Å². The molecule has 2 aromatic carbocycles. The van der Waals surface area contributed by atoms with Gasteiger partial charge in [0.25, 0.3) is 0 Å². The van der Waals surface area contributed by atoms with Gasteiger partial charge in [0.2, 0.25) is 11.8 Å². The highest BCUT2D eigenvalue weighted by atomic mass is 19.1. The third kappa shape index (κ3) is 5.53. The van der Waals surface area contributed by atoms with E-state index in [1.807, 2.05) is 51.1 Å². The van der Waals surface area contributed by atoms with Crippen molar-refractivity contribution in [2.75, 3.05) is 20.3 Å². The molecule has 0 bridgehead atoms. The highest BCUT2D eigenvalue weighted by Crippen LogP contribution is 2.35. The molecule has 0 aliphatic carbocycles. The molecule has 6 nitrogen and oxygen atoms in total. The van der Waals surface area contributed by atoms with E-state index < -0.39 is 0 Å². The molecular formula is C25H30FN3O3. The van der Waals surface area contributed by atoms with Gasteiger partial charge in [-0.15, -0.1) is 0 Å². The summed E-state index contributed by atoms with van der Waals surface area (Å²) in [7, 11) is 1.51. The number of ether oxygens (including phenoxy) is 2. The fourth-order valence-corrected chi connectivity index (χ4v) is 3.52. The Morgan fingerprint density at radius 3 is 2.53 bits per heavy atom. The normalized spacial score (nSPS) is 11.1. The molecule has 0 unspecified atom stereocenters. The Kier molecular flexibility index (Phi) is 8.00. The molecule has 1 amide bonds. The van der Waals surface area contributed by atoms with E-state index in [1.165, 1.54) is 19.2 Å². The smallest absolute Gasteiger partial charge is 0.248 e. The number of rotatable bonds is 10. The molecule has 32 heavy (non-hydrogen) atoms. The van der Waals surface area contributed by atoms with Crippen LogP contribution in [0.2, 0.25) is 0 Å². The summed E-state index contributed by atoms with van der Waals surface area (Å²) < 4.78 is 26.9. The lowest BCUT2D eigenvalue weighted by molar-refractivity contribution is -0.135. The largest absolute Gasteiger partial charge is 0.438 e. The van der Waals surface area contributed by atoms with E-state index in [4.69, 9.17) is 14.6 Å². The van der Waals surface area contributed by atoms with Crippen LogP contribution in [0, 0.1) is 5.82 Å². The summed E-state index contributed by atoms with van der Waals surface area (Å²) in [5.74, 6) is 0.432. The molecule has 0 N–H and O–H groups in total. The molecule has 0 saturated carbocycles. The quantitative estimate of drug-likeness (QED) is 0.429. The number of methoxy groups -OCH3 is 1. The first kappa shape index (κ1) is 23.5. The average Bonchev–Trinajstić information content (AvgIpc) is 3.12. The molecule has 0 aliphatic rings. The molecule has 0 atom stereocenters. The number of para-hydroxylation sites is 1. The van der Waals surface area contributed by atoms with Gasteiger partial charge in [-0.3, -0.25) is 4.79 Å². The highest BCUT2D eigenvalue weighted by molar-refractivity contribution is 5.77. The van der Waals surface area contributed by atoms with Gasteiger partial charge in [-0.05, 0) is 36.6 Å². The monoisotopic (exact) mass is 439 g/mol. The second-order valence-corrected chi connectivity index (χ2v) is 7.88. The summed E-state index contributed by atoms with van der Waals surface area (Å²) >= 11 is 0. The highest BCUT2D eigenvalue weighted by Gasteiger charge is 2.26. The van der Waals surface area contributed by atoms with Gasteiger partial charge in [0, 0.05) is 19.7 Å². The fraction of sp³-hybridized carbons (Fsp3) is 0.360. The first-order chi connectivity index (χ1) is 15.4. The minimum atomic E-state index is -0.387. The maximum Gasteiger partial charge on any atom is 0.248 e. The molecule has 7 heteroatoms. The summed E-state index contributed by atoms with van der Waals surface area (Å²) in [4.78, 5) is 14.4. The van der Waals surface area contributed by atoms with Gasteiger partial charge in [0.15, 0.2) is 0 Å². The number of hydrogen-bond donors (Lipinski definition) is 0. The molecule has 0 radical (unpaired) electrons. The van der Waals surface area contributed by atoms with E-state index in [-0.39, 0.29) is 24.2 Å². The maximum atomic E-state index is 13.9. The SMILES string of the molecule is CCCN(Cc1c(C(C)C)nn(-c2ccccc2)c1Oc1cccc(F)c1)C(=O)COC. The van der Waals surface area contributed by atoms with Crippen molar-refractivity contribution < 1.29 is 18.7 Å². The first-order valence-corrected chi connectivity index (χ1v) is 10.8. The zero-order valence-electron chi connectivity index (χ0n) is 19.0. The van der Waals surface area contributed by atoms with Crippen molar-refractivity contribution in [1.29, 1.82) is 0 Å². The fourth-order valence-electron chi connectivity index (χ4n) is 3.52. The van der Waals surface area contributed by atoms with E-state index >= 15 is 0 Å². The number of carbonyl (C=O) groups excluding carboxylic acids is 1. The zero-order valence-corrected chi connectivity index (χ0v) is 19.0. The lowest BCUT2D eigenvalue weighted by Gasteiger charge is -2.23. The third-order valence-corrected chi connectivity index (χ3v) is 4.99. The Bertz CT molecular complexity index is 1030. The number of amides is 1. The van der Waals surface area contributed by atoms with Crippen molar-refractivity contribution in [2.24, 2.45) is 0 Å². The lowest BCUT2D eigenvalue weighted by Crippen LogP contribution is -2.34. The van der Waals surface area contributed by atoms with Crippen molar-refractivity contribution >= 4 is 5.91 Å². The van der Waals surface area contributed by atoms with Crippen molar-refractivity contribution in [3.8, 4) is 17.3 Å². The molecule has 0 saturated heterocycles. The Balaban J connectivity index is 2.14. The summed E-state index contributed by atoms with van der Waals surface area (Å²) in [5.41, 5.74) is 2.44. The molecule has 1 heterocycles. The Labute approximate surface area is 188 Å². The molecule has 0 spiro atoms. The topological polar surface area (TPSA) is 56.6 Å². The van der Waals surface area contributed by atoms with Gasteiger partial charge in [0.1, 0.15) is 18.2 Å². The van der Waals surface area contributed by atoms with Crippen LogP contribution in [-0.2, 0) is 16.1 Å². The van der Waals surface area contributed by atoms with E-state index in [9.17, 15) is 9.18 Å². The second-order valence-electron chi connectivity index (χ2n) is 7.88. The van der Waals surface area contributed by atoms with Crippen LogP contribution in [0.15, 0.2) is 54.6 Å². The van der Waals surface area contributed by atoms with Gasteiger partial charge >= 0.3 is 0 Å². The molecule has 170 valence electrons. The number of aromatic nitrogens is 2. The maximum absolute atomic E-state index is 13.9. The number of nitrogens with zero attached hydrogens (tertiary/aromatic N) is 3. The molecule has 0 aliphatic heterocycles. The van der Waals surface area contributed by atoms with E-state index in [0.717, 1.165) is 23.4 Å². The molecule has 1 aromatic heterocycles. The van der Waals surface area contributed by atoms with Crippen molar-refractivity contribution in [2.45, 2.75) is 39.7 Å². The van der Waals surface area contributed by atoms with Crippen LogP contribution in [0.4, 0.5) is 4.39 Å². The third-order valence-electron chi connectivity index (χ3n) is 4.99. The van der Waals surface area contributed by atoms with Crippen molar-refractivity contribution in [1.82, 2.24) is 14.7 Å². The Morgan fingerprint density at radius 1 is 1.16 bits per heavy atom.